The Morgan fingerprint density at radius 1 is 1.32 bits per heavy atom. The Kier molecular flexibility index (Phi) is 10.2. The molecule has 0 spiro atoms. The molecule has 0 saturated carbocycles. The highest BCUT2D eigenvalue weighted by atomic mass is 35.5. The third-order valence-electron chi connectivity index (χ3n) is 5.41. The van der Waals surface area contributed by atoms with E-state index < -0.39 is 14.3 Å². The van der Waals surface area contributed by atoms with Crippen LogP contribution in [0.4, 0.5) is 0 Å². The predicted molar refractivity (Wildman–Crippen MR) is 131 cm³/mol. The van der Waals surface area contributed by atoms with Crippen LogP contribution in [0.2, 0.25) is 28.3 Å². The van der Waals surface area contributed by atoms with E-state index in [1.807, 2.05) is 13.8 Å². The summed E-state index contributed by atoms with van der Waals surface area (Å²) in [4.78, 5) is 21.0. The van der Waals surface area contributed by atoms with Gasteiger partial charge in [-0.1, -0.05) is 57.8 Å². The van der Waals surface area contributed by atoms with Crippen molar-refractivity contribution in [3.05, 3.63) is 33.6 Å². The number of ether oxygens (including phenoxy) is 1. The first-order valence-corrected chi connectivity index (χ1v) is 14.0. The molecule has 174 valence electrons. The van der Waals surface area contributed by atoms with E-state index in [-0.39, 0.29) is 50.7 Å². The molecule has 0 saturated heterocycles. The van der Waals surface area contributed by atoms with Crippen molar-refractivity contribution < 1.29 is 19.1 Å². The normalized spacial score (nSPS) is 14.7. The van der Waals surface area contributed by atoms with Crippen molar-refractivity contribution >= 4 is 49.5 Å². The second-order valence-corrected chi connectivity index (χ2v) is 14.7. The average molecular weight is 490 g/mol. The second kappa shape index (κ2) is 11.5. The van der Waals surface area contributed by atoms with E-state index in [9.17, 15) is 9.90 Å². The Morgan fingerprint density at radius 3 is 2.45 bits per heavy atom. The van der Waals surface area contributed by atoms with Crippen LogP contribution in [0.25, 0.3) is 5.76 Å². The predicted octanol–water partition coefficient (Wildman–Crippen LogP) is 6.34. The zero-order valence-corrected chi connectivity index (χ0v) is 22.1. The van der Waals surface area contributed by atoms with Crippen LogP contribution in [-0.2, 0) is 14.0 Å². The van der Waals surface area contributed by atoms with Gasteiger partial charge in [0.25, 0.3) is 0 Å². The minimum Gasteiger partial charge on any atom is -0.506 e. The van der Waals surface area contributed by atoms with Crippen LogP contribution in [0.5, 0.6) is 0 Å². The zero-order chi connectivity index (χ0) is 24.0. The largest absolute Gasteiger partial charge is 0.506 e. The Hall–Kier alpha value is -1.41. The quantitative estimate of drug-likeness (QED) is 0.109. The first-order chi connectivity index (χ1) is 14.2. The lowest BCUT2D eigenvalue weighted by atomic mass is 10.1. The van der Waals surface area contributed by atoms with Crippen molar-refractivity contribution in [2.75, 3.05) is 13.2 Å². The molecule has 0 unspecified atom stereocenters. The number of carbonyl (C=O) groups is 1. The summed E-state index contributed by atoms with van der Waals surface area (Å²) < 4.78 is 11.4. The smallest absolute Gasteiger partial charge is 0.343 e. The summed E-state index contributed by atoms with van der Waals surface area (Å²) in [7, 11) is -1.96. The maximum Gasteiger partial charge on any atom is 0.343 e. The second-order valence-electron chi connectivity index (χ2n) is 9.13. The molecule has 0 radical (unpaired) electrons. The van der Waals surface area contributed by atoms with Crippen LogP contribution in [0.1, 0.15) is 47.1 Å². The van der Waals surface area contributed by atoms with Crippen molar-refractivity contribution in [3.8, 4) is 0 Å². The van der Waals surface area contributed by atoms with Crippen LogP contribution in [0.3, 0.4) is 0 Å². The first-order valence-electron chi connectivity index (χ1n) is 10.3. The molecule has 0 aliphatic rings. The van der Waals surface area contributed by atoms with Gasteiger partial charge in [-0.25, -0.2) is 9.78 Å². The lowest BCUT2D eigenvalue weighted by Crippen LogP contribution is -2.43. The maximum absolute atomic E-state index is 12.5. The number of nitrogens with zero attached hydrogens (tertiary/aromatic N) is 2. The molecule has 0 amide bonds. The Bertz CT molecular complexity index is 833. The van der Waals surface area contributed by atoms with Crippen molar-refractivity contribution in [1.29, 1.82) is 0 Å². The van der Waals surface area contributed by atoms with Crippen molar-refractivity contribution in [2.24, 2.45) is 10.9 Å². The molecule has 31 heavy (non-hydrogen) atoms. The number of hydrogen-bond acceptors (Lipinski definition) is 6. The van der Waals surface area contributed by atoms with Gasteiger partial charge < -0.3 is 14.3 Å². The van der Waals surface area contributed by atoms with Gasteiger partial charge >= 0.3 is 5.97 Å². The summed E-state index contributed by atoms with van der Waals surface area (Å²) in [5, 5.41) is 11.2. The summed E-state index contributed by atoms with van der Waals surface area (Å²) in [6, 6.07) is 1.18. The van der Waals surface area contributed by atoms with E-state index in [1.54, 1.807) is 6.92 Å². The number of esters is 1. The van der Waals surface area contributed by atoms with Crippen LogP contribution in [0.15, 0.2) is 22.8 Å². The highest BCUT2D eigenvalue weighted by molar-refractivity contribution is 6.74. The SMILES string of the molecule is CCOC(=O)C(C=N[C@H](CO[Si](C)(C)C(C)(C)C)C(C)C)=C(O)c1cc(Cl)ncc1Cl. The molecule has 0 bridgehead atoms. The third kappa shape index (κ3) is 7.90. The molecule has 1 N–H and O–H groups in total. The molecule has 0 fully saturated rings. The number of aromatic nitrogens is 1. The maximum atomic E-state index is 12.5. The fraction of sp³-hybridized carbons (Fsp3) is 0.591. The van der Waals surface area contributed by atoms with E-state index >= 15 is 0 Å². The molecule has 0 aliphatic carbocycles. The van der Waals surface area contributed by atoms with Gasteiger partial charge in [0.15, 0.2) is 8.32 Å². The average Bonchev–Trinajstić information content (AvgIpc) is 2.64. The molecular formula is C22H34Cl2N2O4Si. The zero-order valence-electron chi connectivity index (χ0n) is 19.6. The van der Waals surface area contributed by atoms with Crippen LogP contribution in [0, 0.1) is 5.92 Å². The summed E-state index contributed by atoms with van der Waals surface area (Å²) in [6.45, 7) is 17.2. The molecule has 1 aromatic rings. The fourth-order valence-electron chi connectivity index (χ4n) is 2.25. The van der Waals surface area contributed by atoms with Crippen molar-refractivity contribution in [3.63, 3.8) is 0 Å². The Balaban J connectivity index is 3.30. The van der Waals surface area contributed by atoms with Gasteiger partial charge in [-0.3, -0.25) is 4.99 Å². The minimum atomic E-state index is -1.96. The molecule has 1 atom stereocenters. The highest BCUT2D eigenvalue weighted by Gasteiger charge is 2.37. The van der Waals surface area contributed by atoms with Crippen molar-refractivity contribution in [1.82, 2.24) is 4.98 Å². The lowest BCUT2D eigenvalue weighted by molar-refractivity contribution is -0.137. The number of hydrogen-bond donors (Lipinski definition) is 1. The molecule has 1 rings (SSSR count). The molecule has 1 aromatic heterocycles. The first kappa shape index (κ1) is 27.6. The lowest BCUT2D eigenvalue weighted by Gasteiger charge is -2.37. The fourth-order valence-corrected chi connectivity index (χ4v) is 3.62. The van der Waals surface area contributed by atoms with Gasteiger partial charge in [0.05, 0.1) is 24.3 Å². The van der Waals surface area contributed by atoms with Gasteiger partial charge in [0.2, 0.25) is 0 Å². The summed E-state index contributed by atoms with van der Waals surface area (Å²) >= 11 is 12.1. The van der Waals surface area contributed by atoms with E-state index in [0.717, 1.165) is 0 Å². The monoisotopic (exact) mass is 488 g/mol. The number of aliphatic imine (C=N–C) groups is 1. The van der Waals surface area contributed by atoms with Crippen LogP contribution < -0.4 is 0 Å². The Labute approximate surface area is 196 Å². The van der Waals surface area contributed by atoms with Gasteiger partial charge in [0, 0.05) is 18.0 Å². The van der Waals surface area contributed by atoms with E-state index in [2.05, 4.69) is 43.8 Å². The van der Waals surface area contributed by atoms with Gasteiger partial charge in [-0.15, -0.1) is 0 Å². The van der Waals surface area contributed by atoms with E-state index in [0.29, 0.717) is 6.61 Å². The standard InChI is InChI=1S/C22H34Cl2N2O4Si/c1-9-29-21(28)16(20(27)15-10-19(24)26-12-17(15)23)11-25-18(14(2)3)13-30-31(7,8)22(4,5)6/h10-12,14,18,27H,9,13H2,1-8H3/t18-/m1/s1. The summed E-state index contributed by atoms with van der Waals surface area (Å²) in [5.41, 5.74) is 0.0683. The van der Waals surface area contributed by atoms with Crippen molar-refractivity contribution in [2.45, 2.75) is 65.7 Å². The van der Waals surface area contributed by atoms with Gasteiger partial charge in [0.1, 0.15) is 16.5 Å². The molecule has 0 aromatic carbocycles. The molecule has 6 nitrogen and oxygen atoms in total. The van der Waals surface area contributed by atoms with E-state index in [1.165, 1.54) is 18.5 Å². The summed E-state index contributed by atoms with van der Waals surface area (Å²) in [6.07, 6.45) is 2.64. The molecule has 0 aliphatic heterocycles. The third-order valence-corrected chi connectivity index (χ3v) is 10.4. The number of carbonyl (C=O) groups excluding carboxylic acids is 1. The number of aliphatic hydroxyl groups is 1. The number of halogens is 2. The summed E-state index contributed by atoms with van der Waals surface area (Å²) in [5.74, 6) is -0.921. The Morgan fingerprint density at radius 2 is 1.94 bits per heavy atom. The topological polar surface area (TPSA) is 81.0 Å². The number of pyridine rings is 1. The molecule has 9 heteroatoms. The molecule has 1 heterocycles. The minimum absolute atomic E-state index is 0.0733. The van der Waals surface area contributed by atoms with E-state index in [4.69, 9.17) is 32.4 Å². The van der Waals surface area contributed by atoms with Crippen LogP contribution in [-0.4, -0.2) is 49.8 Å². The van der Waals surface area contributed by atoms with Gasteiger partial charge in [-0.2, -0.15) is 0 Å². The number of rotatable bonds is 9. The highest BCUT2D eigenvalue weighted by Crippen LogP contribution is 2.37. The molecular weight excluding hydrogens is 455 g/mol. The van der Waals surface area contributed by atoms with Gasteiger partial charge in [-0.05, 0) is 37.0 Å². The number of aliphatic hydroxyl groups excluding tert-OH is 1. The van der Waals surface area contributed by atoms with Crippen LogP contribution >= 0.6 is 23.2 Å².